The number of carbonyl (C=O) groups is 1. The highest BCUT2D eigenvalue weighted by molar-refractivity contribution is 5.99. The van der Waals surface area contributed by atoms with Crippen LogP contribution in [0, 0.1) is 23.4 Å². The molecule has 5 heterocycles. The molecule has 3 aliphatic heterocycles. The minimum atomic E-state index is -1.05. The van der Waals surface area contributed by atoms with Crippen molar-refractivity contribution in [3.05, 3.63) is 54.0 Å². The molecule has 260 valence electrons. The molecule has 49 heavy (non-hydrogen) atoms. The number of rotatable bonds is 7. The number of anilines is 1. The van der Waals surface area contributed by atoms with E-state index in [4.69, 9.17) is 14.5 Å². The lowest BCUT2D eigenvalue weighted by Gasteiger charge is -2.31. The van der Waals surface area contributed by atoms with E-state index in [1.807, 2.05) is 32.7 Å². The predicted molar refractivity (Wildman–Crippen MR) is 178 cm³/mol. The van der Waals surface area contributed by atoms with Gasteiger partial charge in [-0.15, -0.1) is 0 Å². The van der Waals surface area contributed by atoms with E-state index < -0.39 is 34.8 Å². The summed E-state index contributed by atoms with van der Waals surface area (Å²) >= 11 is 0. The van der Waals surface area contributed by atoms with Crippen LogP contribution in [-0.2, 0) is 4.74 Å². The van der Waals surface area contributed by atoms with E-state index in [-0.39, 0.29) is 41.4 Å². The number of nitrogens with zero attached hydrogens (tertiary/aromatic N) is 6. The van der Waals surface area contributed by atoms with Crippen LogP contribution in [0.3, 0.4) is 0 Å². The largest absolute Gasteiger partial charge is 0.461 e. The SMILES string of the molecule is CN(C[C@@H]1CCN(C(=O)OC(C)(C)C)C1)c1nc(OC[C@@]23CCCN2C[C@H](F)C3)nc2c(F)c(-c3cccc4cc(F)c(F)cc34)ncc12. The van der Waals surface area contributed by atoms with E-state index in [2.05, 4.69) is 14.9 Å². The Bertz CT molecular complexity index is 1920. The average Bonchev–Trinajstić information content (AvgIpc) is 3.74. The first-order valence-electron chi connectivity index (χ1n) is 16.8. The van der Waals surface area contributed by atoms with Crippen molar-refractivity contribution < 1.29 is 31.8 Å². The quantitative estimate of drug-likeness (QED) is 0.195. The monoisotopic (exact) mass is 680 g/mol. The zero-order valence-corrected chi connectivity index (χ0v) is 28.1. The number of hydrogen-bond acceptors (Lipinski definition) is 8. The summed E-state index contributed by atoms with van der Waals surface area (Å²) in [5.74, 6) is -2.35. The molecule has 0 radical (unpaired) electrons. The number of halogens is 4. The van der Waals surface area contributed by atoms with E-state index in [0.29, 0.717) is 54.6 Å². The molecule has 13 heteroatoms. The molecule has 4 aromatic rings. The number of alkyl halides is 1. The molecule has 0 unspecified atom stereocenters. The second-order valence-corrected chi connectivity index (χ2v) is 14.6. The lowest BCUT2D eigenvalue weighted by atomic mass is 9.95. The maximum atomic E-state index is 16.7. The molecule has 2 aromatic carbocycles. The molecule has 0 saturated carbocycles. The highest BCUT2D eigenvalue weighted by Crippen LogP contribution is 2.41. The smallest absolute Gasteiger partial charge is 0.410 e. The van der Waals surface area contributed by atoms with Crippen molar-refractivity contribution in [3.8, 4) is 17.3 Å². The van der Waals surface area contributed by atoms with Crippen LogP contribution in [0.25, 0.3) is 32.9 Å². The molecule has 1 amide bonds. The van der Waals surface area contributed by atoms with Crippen molar-refractivity contribution in [1.29, 1.82) is 0 Å². The van der Waals surface area contributed by atoms with Crippen LogP contribution in [-0.4, -0.2) is 94.5 Å². The molecule has 3 atom stereocenters. The fourth-order valence-corrected chi connectivity index (χ4v) is 7.64. The highest BCUT2D eigenvalue weighted by Gasteiger charge is 2.49. The van der Waals surface area contributed by atoms with Crippen molar-refractivity contribution in [3.63, 3.8) is 0 Å². The summed E-state index contributed by atoms with van der Waals surface area (Å²) in [5.41, 5.74) is -0.923. The third-order valence-electron chi connectivity index (χ3n) is 9.88. The minimum absolute atomic E-state index is 0.0474. The Balaban J connectivity index is 1.24. The van der Waals surface area contributed by atoms with Gasteiger partial charge in [-0.05, 0) is 75.4 Å². The summed E-state index contributed by atoms with van der Waals surface area (Å²) in [7, 11) is 1.83. The molecule has 0 N–H and O–H groups in total. The zero-order valence-electron chi connectivity index (χ0n) is 28.1. The van der Waals surface area contributed by atoms with Gasteiger partial charge in [-0.25, -0.2) is 22.4 Å². The van der Waals surface area contributed by atoms with Gasteiger partial charge in [0.05, 0.1) is 10.9 Å². The van der Waals surface area contributed by atoms with E-state index in [0.717, 1.165) is 37.9 Å². The van der Waals surface area contributed by atoms with Crippen molar-refractivity contribution in [2.45, 2.75) is 63.8 Å². The van der Waals surface area contributed by atoms with Crippen LogP contribution in [0.5, 0.6) is 6.01 Å². The lowest BCUT2D eigenvalue weighted by molar-refractivity contribution is 0.0288. The summed E-state index contributed by atoms with van der Waals surface area (Å²) in [5, 5.41) is 1.03. The number of amides is 1. The third kappa shape index (κ3) is 6.44. The summed E-state index contributed by atoms with van der Waals surface area (Å²) in [6, 6.07) is 6.89. The Kier molecular flexibility index (Phi) is 8.53. The first-order chi connectivity index (χ1) is 23.3. The van der Waals surface area contributed by atoms with Crippen molar-refractivity contribution in [2.24, 2.45) is 5.92 Å². The van der Waals surface area contributed by atoms with Crippen LogP contribution in [0.4, 0.5) is 28.2 Å². The van der Waals surface area contributed by atoms with E-state index in [1.165, 1.54) is 6.20 Å². The average molecular weight is 681 g/mol. The molecule has 9 nitrogen and oxygen atoms in total. The summed E-state index contributed by atoms with van der Waals surface area (Å²) < 4.78 is 71.3. The van der Waals surface area contributed by atoms with Crippen LogP contribution < -0.4 is 9.64 Å². The minimum Gasteiger partial charge on any atom is -0.461 e. The molecule has 0 bridgehead atoms. The molecule has 3 aliphatic rings. The molecule has 0 spiro atoms. The Hall–Kier alpha value is -4.26. The summed E-state index contributed by atoms with van der Waals surface area (Å²) in [4.78, 5) is 32.1. The number of benzene rings is 2. The number of aromatic nitrogens is 3. The Labute approximate surface area is 282 Å². The van der Waals surface area contributed by atoms with Crippen LogP contribution >= 0.6 is 0 Å². The van der Waals surface area contributed by atoms with Crippen molar-refractivity contribution in [2.75, 3.05) is 51.3 Å². The Morgan fingerprint density at radius 1 is 1.08 bits per heavy atom. The Morgan fingerprint density at radius 2 is 1.88 bits per heavy atom. The number of likely N-dealkylation sites (tertiary alicyclic amines) is 1. The second kappa shape index (κ2) is 12.6. The zero-order chi connectivity index (χ0) is 34.7. The fourth-order valence-electron chi connectivity index (χ4n) is 7.64. The number of ether oxygens (including phenoxy) is 2. The summed E-state index contributed by atoms with van der Waals surface area (Å²) in [6.45, 7) is 8.32. The van der Waals surface area contributed by atoms with Gasteiger partial charge in [-0.3, -0.25) is 9.88 Å². The van der Waals surface area contributed by atoms with Gasteiger partial charge >= 0.3 is 12.1 Å². The van der Waals surface area contributed by atoms with Gasteiger partial charge in [-0.1, -0.05) is 18.2 Å². The molecule has 2 aromatic heterocycles. The summed E-state index contributed by atoms with van der Waals surface area (Å²) in [6.07, 6.45) is 2.98. The molecular weight excluding hydrogens is 640 g/mol. The fraction of sp³-hybridized carbons (Fsp3) is 0.500. The number of fused-ring (bicyclic) bond motifs is 3. The normalized spacial score (nSPS) is 22.7. The molecule has 3 fully saturated rings. The van der Waals surface area contributed by atoms with Crippen LogP contribution in [0.1, 0.15) is 46.5 Å². The Morgan fingerprint density at radius 3 is 2.67 bits per heavy atom. The van der Waals surface area contributed by atoms with E-state index in [1.54, 1.807) is 23.1 Å². The van der Waals surface area contributed by atoms with E-state index in [9.17, 15) is 18.0 Å². The molecule has 0 aliphatic carbocycles. The molecule has 3 saturated heterocycles. The lowest BCUT2D eigenvalue weighted by Crippen LogP contribution is -2.43. The second-order valence-electron chi connectivity index (χ2n) is 14.6. The number of hydrogen-bond donors (Lipinski definition) is 0. The first kappa shape index (κ1) is 33.2. The van der Waals surface area contributed by atoms with Crippen LogP contribution in [0.2, 0.25) is 0 Å². The number of pyridine rings is 1. The van der Waals surface area contributed by atoms with Gasteiger partial charge in [0.2, 0.25) is 0 Å². The topological polar surface area (TPSA) is 83.9 Å². The van der Waals surface area contributed by atoms with Gasteiger partial charge in [0, 0.05) is 51.4 Å². The molecular formula is C36H40F4N6O3. The predicted octanol–water partition coefficient (Wildman–Crippen LogP) is 6.91. The van der Waals surface area contributed by atoms with Crippen molar-refractivity contribution >= 4 is 33.6 Å². The highest BCUT2D eigenvalue weighted by atomic mass is 19.2. The molecule has 7 rings (SSSR count). The van der Waals surface area contributed by atoms with Gasteiger partial charge in [0.25, 0.3) is 0 Å². The van der Waals surface area contributed by atoms with Gasteiger partial charge in [-0.2, -0.15) is 9.97 Å². The van der Waals surface area contributed by atoms with E-state index >= 15 is 4.39 Å². The van der Waals surface area contributed by atoms with Crippen molar-refractivity contribution in [1.82, 2.24) is 24.8 Å². The maximum absolute atomic E-state index is 16.7. The third-order valence-corrected chi connectivity index (χ3v) is 9.88. The number of carbonyl (C=O) groups excluding carboxylic acids is 1. The van der Waals surface area contributed by atoms with Gasteiger partial charge in [0.1, 0.15) is 35.4 Å². The maximum Gasteiger partial charge on any atom is 0.410 e. The first-order valence-corrected chi connectivity index (χ1v) is 16.8. The van der Waals surface area contributed by atoms with Gasteiger partial charge in [0.15, 0.2) is 17.5 Å². The standard InChI is InChI=1S/C36H40F4N6O3/c1-35(2,3)49-34(47)45-12-9-21(18-45)17-44(4)32-26-16-41-30(24-8-5-7-22-13-27(38)28(39)14-25(22)24)29(40)31(26)42-33(43-32)48-20-36-10-6-11-46(36)19-23(37)15-36/h5,7-8,13-14,16,21,23H,6,9-12,15,17-20H2,1-4H3/t21-,23+,36-/m0/s1. The van der Waals surface area contributed by atoms with Crippen LogP contribution in [0.15, 0.2) is 36.5 Å². The van der Waals surface area contributed by atoms with Gasteiger partial charge < -0.3 is 19.3 Å².